The molecule has 3 rings (SSSR count). The lowest BCUT2D eigenvalue weighted by molar-refractivity contribution is -0.145. The van der Waals surface area contributed by atoms with Gasteiger partial charge in [0.1, 0.15) is 5.03 Å². The number of halogens is 4. The molecule has 3 aromatic rings. The number of nitrogens with zero attached hydrogens (tertiary/aromatic N) is 4. The lowest BCUT2D eigenvalue weighted by Crippen LogP contribution is -2.11. The van der Waals surface area contributed by atoms with E-state index in [0.717, 1.165) is 4.40 Å². The van der Waals surface area contributed by atoms with Crippen LogP contribution in [0.15, 0.2) is 27.7 Å². The summed E-state index contributed by atoms with van der Waals surface area (Å²) in [5, 5.41) is 16.2. The van der Waals surface area contributed by atoms with Crippen LogP contribution in [-0.4, -0.2) is 37.0 Å². The van der Waals surface area contributed by atoms with E-state index < -0.39 is 12.0 Å². The van der Waals surface area contributed by atoms with Crippen molar-refractivity contribution in [3.05, 3.63) is 28.5 Å². The van der Waals surface area contributed by atoms with Crippen molar-refractivity contribution in [1.29, 1.82) is 0 Å². The quantitative estimate of drug-likeness (QED) is 0.530. The van der Waals surface area contributed by atoms with Gasteiger partial charge < -0.3 is 5.11 Å². The van der Waals surface area contributed by atoms with Crippen LogP contribution in [0.25, 0.3) is 16.7 Å². The van der Waals surface area contributed by atoms with Crippen molar-refractivity contribution in [2.45, 2.75) is 17.6 Å². The summed E-state index contributed by atoms with van der Waals surface area (Å²) in [7, 11) is 0. The summed E-state index contributed by atoms with van der Waals surface area (Å²) in [4.78, 5) is 4.38. The van der Waals surface area contributed by atoms with Gasteiger partial charge >= 0.3 is 6.18 Å². The summed E-state index contributed by atoms with van der Waals surface area (Å²) in [5.41, 5.74) is 0.751. The summed E-state index contributed by atoms with van der Waals surface area (Å²) in [6, 6.07) is 4.90. The molecule has 0 atom stereocenters. The molecule has 1 aromatic carbocycles. The first kappa shape index (κ1) is 16.5. The van der Waals surface area contributed by atoms with Crippen LogP contribution in [0.4, 0.5) is 13.2 Å². The molecular formula is C13H10BrF3N4OS. The van der Waals surface area contributed by atoms with Gasteiger partial charge in [-0.1, -0.05) is 15.9 Å². The molecule has 5 nitrogen and oxygen atoms in total. The normalized spacial score (nSPS) is 12.4. The fourth-order valence-corrected chi connectivity index (χ4v) is 3.33. The lowest BCUT2D eigenvalue weighted by atomic mass is 10.3. The van der Waals surface area contributed by atoms with E-state index >= 15 is 0 Å². The number of aliphatic hydroxyl groups is 1. The fourth-order valence-electron chi connectivity index (χ4n) is 2.09. The van der Waals surface area contributed by atoms with Gasteiger partial charge in [-0.2, -0.15) is 13.2 Å². The first-order valence-corrected chi connectivity index (χ1v) is 8.35. The van der Waals surface area contributed by atoms with E-state index in [9.17, 15) is 13.2 Å². The monoisotopic (exact) mass is 406 g/mol. The van der Waals surface area contributed by atoms with Gasteiger partial charge in [-0.05, 0) is 24.6 Å². The van der Waals surface area contributed by atoms with Crippen LogP contribution < -0.4 is 0 Å². The second-order valence-corrected chi connectivity index (χ2v) is 6.66. The van der Waals surface area contributed by atoms with Crippen molar-refractivity contribution in [3.8, 4) is 0 Å². The summed E-state index contributed by atoms with van der Waals surface area (Å²) in [6.45, 7) is 0.00427. The van der Waals surface area contributed by atoms with E-state index in [4.69, 9.17) is 5.11 Å². The minimum atomic E-state index is -4.62. The van der Waals surface area contributed by atoms with Crippen molar-refractivity contribution in [2.24, 2.45) is 0 Å². The Labute approximate surface area is 141 Å². The first-order valence-electron chi connectivity index (χ1n) is 6.57. The SMILES string of the molecule is OCCCSc1nc2ccc(Br)cc2n2c(C(F)(F)F)nnc12. The Morgan fingerprint density at radius 2 is 2.04 bits per heavy atom. The van der Waals surface area contributed by atoms with Gasteiger partial charge in [0.25, 0.3) is 0 Å². The zero-order valence-corrected chi connectivity index (χ0v) is 13.9. The third kappa shape index (κ3) is 3.15. The number of fused-ring (bicyclic) bond motifs is 3. The molecule has 0 radical (unpaired) electrons. The Hall–Kier alpha value is -1.39. The van der Waals surface area contributed by atoms with Crippen LogP contribution >= 0.6 is 27.7 Å². The largest absolute Gasteiger partial charge is 0.452 e. The molecule has 0 aliphatic heterocycles. The number of thioether (sulfide) groups is 1. The number of aliphatic hydroxyl groups excluding tert-OH is 1. The van der Waals surface area contributed by atoms with Crippen LogP contribution in [-0.2, 0) is 6.18 Å². The van der Waals surface area contributed by atoms with Crippen LogP contribution in [0.1, 0.15) is 12.2 Å². The second kappa shape index (κ2) is 6.25. The summed E-state index contributed by atoms with van der Waals surface area (Å²) in [6.07, 6.45) is -4.11. The Morgan fingerprint density at radius 3 is 2.74 bits per heavy atom. The molecule has 0 saturated heterocycles. The lowest BCUT2D eigenvalue weighted by Gasteiger charge is -2.10. The van der Waals surface area contributed by atoms with E-state index in [1.807, 2.05) is 0 Å². The van der Waals surface area contributed by atoms with Gasteiger partial charge in [0.05, 0.1) is 11.0 Å². The van der Waals surface area contributed by atoms with Gasteiger partial charge in [-0.15, -0.1) is 22.0 Å². The fraction of sp³-hybridized carbons (Fsp3) is 0.308. The molecular weight excluding hydrogens is 397 g/mol. The molecule has 2 heterocycles. The minimum Gasteiger partial charge on any atom is -0.396 e. The number of rotatable bonds is 4. The molecule has 0 aliphatic carbocycles. The maximum absolute atomic E-state index is 13.2. The smallest absolute Gasteiger partial charge is 0.396 e. The Morgan fingerprint density at radius 1 is 1.26 bits per heavy atom. The van der Waals surface area contributed by atoms with E-state index in [-0.39, 0.29) is 17.8 Å². The average molecular weight is 407 g/mol. The third-order valence-electron chi connectivity index (χ3n) is 3.05. The van der Waals surface area contributed by atoms with Gasteiger partial charge in [-0.25, -0.2) is 4.98 Å². The standard InChI is InChI=1S/C13H10BrF3N4OS/c14-7-2-3-8-9(6-7)21-10(11(18-8)23-5-1-4-22)19-20-12(21)13(15,16)17/h2-3,6,22H,1,4-5H2. The van der Waals surface area contributed by atoms with Crippen molar-refractivity contribution in [1.82, 2.24) is 19.6 Å². The second-order valence-electron chi connectivity index (χ2n) is 4.66. The summed E-state index contributed by atoms with van der Waals surface area (Å²) in [5.74, 6) is -0.558. The van der Waals surface area contributed by atoms with Crippen LogP contribution in [0.3, 0.4) is 0 Å². The number of aromatic nitrogens is 4. The van der Waals surface area contributed by atoms with Gasteiger partial charge in [0.2, 0.25) is 5.82 Å². The van der Waals surface area contributed by atoms with Gasteiger partial charge in [0.15, 0.2) is 5.65 Å². The van der Waals surface area contributed by atoms with Crippen molar-refractivity contribution >= 4 is 44.4 Å². The van der Waals surface area contributed by atoms with Crippen molar-refractivity contribution < 1.29 is 18.3 Å². The Balaban J connectivity index is 2.29. The number of hydrogen-bond acceptors (Lipinski definition) is 5. The van der Waals surface area contributed by atoms with E-state index in [0.29, 0.717) is 27.2 Å². The number of alkyl halides is 3. The third-order valence-corrected chi connectivity index (χ3v) is 4.58. The summed E-state index contributed by atoms with van der Waals surface area (Å²) < 4.78 is 41.3. The molecule has 122 valence electrons. The van der Waals surface area contributed by atoms with Gasteiger partial charge in [0, 0.05) is 16.8 Å². The molecule has 10 heteroatoms. The Kier molecular flexibility index (Phi) is 4.47. The predicted molar refractivity (Wildman–Crippen MR) is 83.4 cm³/mol. The molecule has 0 spiro atoms. The molecule has 0 bridgehead atoms. The number of hydrogen-bond donors (Lipinski definition) is 1. The molecule has 2 aromatic heterocycles. The molecule has 0 saturated carbocycles. The van der Waals surface area contributed by atoms with E-state index in [1.165, 1.54) is 11.8 Å². The van der Waals surface area contributed by atoms with Crippen molar-refractivity contribution in [3.63, 3.8) is 0 Å². The molecule has 0 aliphatic rings. The zero-order valence-electron chi connectivity index (χ0n) is 11.5. The highest BCUT2D eigenvalue weighted by atomic mass is 79.9. The van der Waals surface area contributed by atoms with Crippen molar-refractivity contribution in [2.75, 3.05) is 12.4 Å². The molecule has 23 heavy (non-hydrogen) atoms. The van der Waals surface area contributed by atoms with E-state index in [1.54, 1.807) is 18.2 Å². The maximum atomic E-state index is 13.2. The highest BCUT2D eigenvalue weighted by Crippen LogP contribution is 2.33. The predicted octanol–water partition coefficient (Wildman–Crippen LogP) is 3.53. The number of benzene rings is 1. The van der Waals surface area contributed by atoms with Gasteiger partial charge in [-0.3, -0.25) is 4.40 Å². The maximum Gasteiger partial charge on any atom is 0.452 e. The van der Waals surface area contributed by atoms with E-state index in [2.05, 4.69) is 31.1 Å². The Bertz CT molecular complexity index is 868. The topological polar surface area (TPSA) is 63.3 Å². The summed E-state index contributed by atoms with van der Waals surface area (Å²) >= 11 is 4.50. The molecule has 0 fully saturated rings. The van der Waals surface area contributed by atoms with Crippen LogP contribution in [0, 0.1) is 0 Å². The zero-order chi connectivity index (χ0) is 16.6. The average Bonchev–Trinajstić information content (AvgIpc) is 2.93. The molecule has 0 unspecified atom stereocenters. The molecule has 1 N–H and O–H groups in total. The first-order chi connectivity index (χ1) is 10.9. The minimum absolute atomic E-state index is 0.00427. The highest BCUT2D eigenvalue weighted by Gasteiger charge is 2.38. The van der Waals surface area contributed by atoms with Crippen LogP contribution in [0.5, 0.6) is 0 Å². The van der Waals surface area contributed by atoms with Crippen LogP contribution in [0.2, 0.25) is 0 Å². The molecule has 0 amide bonds. The highest BCUT2D eigenvalue weighted by molar-refractivity contribution is 9.10.